The molecule has 4 nitrogen and oxygen atoms in total. The van der Waals surface area contributed by atoms with Crippen molar-refractivity contribution < 1.29 is 23.5 Å². The number of carboxylic acids is 1. The molecule has 0 spiro atoms. The minimum Gasteiger partial charge on any atom is -0.480 e. The second-order valence-corrected chi connectivity index (χ2v) is 7.37. The Morgan fingerprint density at radius 3 is 2.14 bits per heavy atom. The number of amides is 1. The molecule has 6 heteroatoms. The van der Waals surface area contributed by atoms with Gasteiger partial charge >= 0.3 is 5.97 Å². The summed E-state index contributed by atoms with van der Waals surface area (Å²) in [5, 5.41) is 11.1. The van der Waals surface area contributed by atoms with Crippen molar-refractivity contribution >= 4 is 11.9 Å². The van der Waals surface area contributed by atoms with Gasteiger partial charge < -0.3 is 10.4 Å². The van der Waals surface area contributed by atoms with Crippen LogP contribution in [0.1, 0.15) is 59.3 Å². The number of hydrogen-bond donors (Lipinski definition) is 2. The van der Waals surface area contributed by atoms with E-state index in [0.29, 0.717) is 5.92 Å². The Bertz CT molecular complexity index is 385. The zero-order valence-corrected chi connectivity index (χ0v) is 13.6. The highest BCUT2D eigenvalue weighted by molar-refractivity contribution is 5.83. The predicted octanol–water partition coefficient (Wildman–Crippen LogP) is 3.45. The molecule has 1 rings (SSSR count). The molecular formula is C16H27F2NO3. The molecule has 0 bridgehead atoms. The lowest BCUT2D eigenvalue weighted by Crippen LogP contribution is -2.42. The average Bonchev–Trinajstić information content (AvgIpc) is 2.36. The number of rotatable bonds is 6. The third-order valence-electron chi connectivity index (χ3n) is 4.59. The fourth-order valence-corrected chi connectivity index (χ4v) is 3.15. The van der Waals surface area contributed by atoms with Gasteiger partial charge in [-0.25, -0.2) is 13.6 Å². The maximum Gasteiger partial charge on any atom is 0.326 e. The number of nitrogens with one attached hydrogen (secondary N) is 1. The largest absolute Gasteiger partial charge is 0.480 e. The van der Waals surface area contributed by atoms with E-state index in [-0.39, 0.29) is 17.8 Å². The van der Waals surface area contributed by atoms with Crippen LogP contribution in [-0.4, -0.2) is 29.5 Å². The molecule has 0 aromatic heterocycles. The molecule has 2 N–H and O–H groups in total. The van der Waals surface area contributed by atoms with Crippen LogP contribution in [0.5, 0.6) is 0 Å². The number of carboxylic acid groups (broad SMARTS) is 1. The average molecular weight is 319 g/mol. The molecule has 1 aliphatic rings. The molecule has 1 atom stereocenters. The zero-order chi connectivity index (χ0) is 16.9. The number of aliphatic carboxylic acids is 1. The van der Waals surface area contributed by atoms with Crippen LogP contribution < -0.4 is 5.32 Å². The van der Waals surface area contributed by atoms with E-state index in [9.17, 15) is 18.4 Å². The molecule has 0 radical (unpaired) electrons. The Balaban J connectivity index is 2.41. The van der Waals surface area contributed by atoms with Crippen LogP contribution in [0.4, 0.5) is 8.78 Å². The van der Waals surface area contributed by atoms with Gasteiger partial charge in [-0.1, -0.05) is 20.8 Å². The van der Waals surface area contributed by atoms with Crippen LogP contribution in [-0.2, 0) is 9.59 Å². The molecule has 0 heterocycles. The zero-order valence-electron chi connectivity index (χ0n) is 13.6. The summed E-state index contributed by atoms with van der Waals surface area (Å²) >= 11 is 0. The van der Waals surface area contributed by atoms with Gasteiger partial charge in [0, 0.05) is 12.8 Å². The van der Waals surface area contributed by atoms with E-state index in [1.807, 2.05) is 0 Å². The van der Waals surface area contributed by atoms with Gasteiger partial charge in [-0.05, 0) is 42.9 Å². The highest BCUT2D eigenvalue weighted by Crippen LogP contribution is 2.40. The van der Waals surface area contributed by atoms with E-state index < -0.39 is 30.8 Å². The molecule has 1 saturated carbocycles. The van der Waals surface area contributed by atoms with E-state index in [1.165, 1.54) is 0 Å². The van der Waals surface area contributed by atoms with Crippen molar-refractivity contribution in [3.63, 3.8) is 0 Å². The summed E-state index contributed by atoms with van der Waals surface area (Å²) in [5.74, 6) is -0.991. The Hall–Kier alpha value is -1.20. The molecule has 0 aromatic rings. The first-order valence-corrected chi connectivity index (χ1v) is 7.90. The smallest absolute Gasteiger partial charge is 0.326 e. The summed E-state index contributed by atoms with van der Waals surface area (Å²) in [6.07, 6.45) is 0.608. The summed E-state index contributed by atoms with van der Waals surface area (Å²) in [7, 11) is 0. The van der Waals surface area contributed by atoms with E-state index in [4.69, 9.17) is 5.11 Å². The first kappa shape index (κ1) is 18.8. The standard InChI is InChI=1S/C16H27F2NO3/c1-16(2,3)11-6-4-10(5-7-11)8-14(20)19-12(15(21)22)9-13(17)18/h10-13H,4-9H2,1-3H3,(H,19,20)(H,21,22). The number of halogens is 2. The van der Waals surface area contributed by atoms with Crippen LogP contribution >= 0.6 is 0 Å². The SMILES string of the molecule is CC(C)(C)C1CCC(CC(=O)NC(CC(F)F)C(=O)O)CC1. The van der Waals surface area contributed by atoms with Crippen LogP contribution in [0.15, 0.2) is 0 Å². The monoisotopic (exact) mass is 319 g/mol. The summed E-state index contributed by atoms with van der Waals surface area (Å²) in [4.78, 5) is 22.7. The summed E-state index contributed by atoms with van der Waals surface area (Å²) in [6, 6.07) is -1.50. The first-order chi connectivity index (χ1) is 10.1. The molecule has 1 aliphatic carbocycles. The van der Waals surface area contributed by atoms with Crippen LogP contribution in [0.25, 0.3) is 0 Å². The van der Waals surface area contributed by atoms with E-state index in [1.54, 1.807) is 0 Å². The van der Waals surface area contributed by atoms with Crippen LogP contribution in [0.2, 0.25) is 0 Å². The summed E-state index contributed by atoms with van der Waals surface area (Å²) in [6.45, 7) is 6.64. The van der Waals surface area contributed by atoms with E-state index >= 15 is 0 Å². The van der Waals surface area contributed by atoms with Crippen molar-refractivity contribution in [2.45, 2.75) is 71.8 Å². The van der Waals surface area contributed by atoms with Crippen molar-refractivity contribution in [3.8, 4) is 0 Å². The lowest BCUT2D eigenvalue weighted by Gasteiger charge is -2.36. The van der Waals surface area contributed by atoms with Crippen LogP contribution in [0, 0.1) is 17.3 Å². The lowest BCUT2D eigenvalue weighted by atomic mass is 9.69. The number of hydrogen-bond acceptors (Lipinski definition) is 2. The fourth-order valence-electron chi connectivity index (χ4n) is 3.15. The topological polar surface area (TPSA) is 66.4 Å². The molecule has 0 aliphatic heterocycles. The van der Waals surface area contributed by atoms with Crippen molar-refractivity contribution in [2.24, 2.45) is 17.3 Å². The minimum atomic E-state index is -2.75. The quantitative estimate of drug-likeness (QED) is 0.788. The second kappa shape index (κ2) is 7.88. The van der Waals surface area contributed by atoms with Crippen molar-refractivity contribution in [3.05, 3.63) is 0 Å². The normalized spacial score (nSPS) is 24.1. The predicted molar refractivity (Wildman–Crippen MR) is 79.7 cm³/mol. The summed E-state index contributed by atoms with van der Waals surface area (Å²) in [5.41, 5.74) is 0.263. The Labute approximate surface area is 130 Å². The van der Waals surface area contributed by atoms with Gasteiger partial charge in [-0.15, -0.1) is 0 Å². The summed E-state index contributed by atoms with van der Waals surface area (Å²) < 4.78 is 24.6. The third-order valence-corrected chi connectivity index (χ3v) is 4.59. The van der Waals surface area contributed by atoms with E-state index in [0.717, 1.165) is 25.7 Å². The van der Waals surface area contributed by atoms with Crippen LogP contribution in [0.3, 0.4) is 0 Å². The first-order valence-electron chi connectivity index (χ1n) is 7.90. The van der Waals surface area contributed by atoms with Crippen molar-refractivity contribution in [1.82, 2.24) is 5.32 Å². The van der Waals surface area contributed by atoms with Gasteiger partial charge in [0.25, 0.3) is 0 Å². The molecule has 128 valence electrons. The molecule has 0 saturated heterocycles. The maximum atomic E-state index is 12.3. The highest BCUT2D eigenvalue weighted by atomic mass is 19.3. The lowest BCUT2D eigenvalue weighted by molar-refractivity contribution is -0.143. The Morgan fingerprint density at radius 1 is 1.18 bits per heavy atom. The molecule has 0 aromatic carbocycles. The van der Waals surface area contributed by atoms with Gasteiger partial charge in [-0.3, -0.25) is 4.79 Å². The third kappa shape index (κ3) is 6.28. The number of carbonyl (C=O) groups excluding carboxylic acids is 1. The number of alkyl halides is 2. The van der Waals surface area contributed by atoms with Gasteiger partial charge in [-0.2, -0.15) is 0 Å². The molecular weight excluding hydrogens is 292 g/mol. The molecule has 22 heavy (non-hydrogen) atoms. The van der Waals surface area contributed by atoms with Gasteiger partial charge in [0.05, 0.1) is 0 Å². The van der Waals surface area contributed by atoms with E-state index in [2.05, 4.69) is 26.1 Å². The van der Waals surface area contributed by atoms with Crippen molar-refractivity contribution in [1.29, 1.82) is 0 Å². The Morgan fingerprint density at radius 2 is 1.73 bits per heavy atom. The number of carbonyl (C=O) groups is 2. The molecule has 1 unspecified atom stereocenters. The molecule has 1 amide bonds. The van der Waals surface area contributed by atoms with Crippen molar-refractivity contribution in [2.75, 3.05) is 0 Å². The highest BCUT2D eigenvalue weighted by Gasteiger charge is 2.31. The van der Waals surface area contributed by atoms with Gasteiger partial charge in [0.2, 0.25) is 12.3 Å². The Kier molecular flexibility index (Phi) is 6.75. The second-order valence-electron chi connectivity index (χ2n) is 7.37. The maximum absolute atomic E-state index is 12.3. The fraction of sp³-hybridized carbons (Fsp3) is 0.875. The molecule has 1 fully saturated rings. The minimum absolute atomic E-state index is 0.222. The van der Waals surface area contributed by atoms with Gasteiger partial charge in [0.1, 0.15) is 6.04 Å². The van der Waals surface area contributed by atoms with Gasteiger partial charge in [0.15, 0.2) is 0 Å².